The van der Waals surface area contributed by atoms with Crippen LogP contribution < -0.4 is 5.73 Å². The molecule has 1 unspecified atom stereocenters. The first-order valence-electron chi connectivity index (χ1n) is 4.72. The van der Waals surface area contributed by atoms with E-state index in [1.54, 1.807) is 0 Å². The van der Waals surface area contributed by atoms with Gasteiger partial charge in [-0.05, 0) is 24.3 Å². The standard InChI is InChI=1S/C11H10BrNO3/c12-7-1-2-10-6(3-7)4-8(16-10)5-9(13)11(14)15/h1-4,9H,5,13H2,(H,14,15). The van der Waals surface area contributed by atoms with Crippen molar-refractivity contribution in [3.05, 3.63) is 34.5 Å². The molecule has 84 valence electrons. The largest absolute Gasteiger partial charge is 0.480 e. The van der Waals surface area contributed by atoms with Crippen LogP contribution in [0.1, 0.15) is 5.76 Å². The Morgan fingerprint density at radius 3 is 2.94 bits per heavy atom. The normalized spacial score (nSPS) is 12.9. The van der Waals surface area contributed by atoms with Gasteiger partial charge in [0.15, 0.2) is 0 Å². The molecule has 2 rings (SSSR count). The Balaban J connectivity index is 2.29. The number of benzene rings is 1. The number of carbonyl (C=O) groups is 1. The lowest BCUT2D eigenvalue weighted by Gasteiger charge is -2.01. The van der Waals surface area contributed by atoms with Gasteiger partial charge in [0.2, 0.25) is 0 Å². The van der Waals surface area contributed by atoms with Crippen LogP contribution in [-0.2, 0) is 11.2 Å². The van der Waals surface area contributed by atoms with Crippen molar-refractivity contribution in [2.24, 2.45) is 5.73 Å². The molecule has 5 heteroatoms. The maximum Gasteiger partial charge on any atom is 0.320 e. The highest BCUT2D eigenvalue weighted by molar-refractivity contribution is 9.10. The molecule has 16 heavy (non-hydrogen) atoms. The quantitative estimate of drug-likeness (QED) is 0.905. The number of carboxylic acid groups (broad SMARTS) is 1. The first-order chi connectivity index (χ1) is 7.56. The fraction of sp³-hybridized carbons (Fsp3) is 0.182. The molecule has 1 atom stereocenters. The Morgan fingerprint density at radius 1 is 1.50 bits per heavy atom. The molecule has 3 N–H and O–H groups in total. The maximum absolute atomic E-state index is 10.6. The van der Waals surface area contributed by atoms with Gasteiger partial charge in [0, 0.05) is 16.3 Å². The van der Waals surface area contributed by atoms with Crippen molar-refractivity contribution >= 4 is 32.9 Å². The molecule has 0 aliphatic heterocycles. The fourth-order valence-corrected chi connectivity index (χ4v) is 1.85. The van der Waals surface area contributed by atoms with Crippen LogP contribution in [0.25, 0.3) is 11.0 Å². The number of aliphatic carboxylic acids is 1. The van der Waals surface area contributed by atoms with E-state index in [-0.39, 0.29) is 6.42 Å². The van der Waals surface area contributed by atoms with Gasteiger partial charge in [-0.2, -0.15) is 0 Å². The molecule has 0 aliphatic rings. The summed E-state index contributed by atoms with van der Waals surface area (Å²) in [4.78, 5) is 10.6. The summed E-state index contributed by atoms with van der Waals surface area (Å²) in [5, 5.41) is 9.62. The number of halogens is 1. The number of nitrogens with two attached hydrogens (primary N) is 1. The first-order valence-corrected chi connectivity index (χ1v) is 5.52. The van der Waals surface area contributed by atoms with Crippen molar-refractivity contribution in [1.29, 1.82) is 0 Å². The maximum atomic E-state index is 10.6. The average Bonchev–Trinajstić information content (AvgIpc) is 2.58. The van der Waals surface area contributed by atoms with Crippen LogP contribution in [0.4, 0.5) is 0 Å². The minimum Gasteiger partial charge on any atom is -0.480 e. The van der Waals surface area contributed by atoms with Gasteiger partial charge in [-0.3, -0.25) is 4.79 Å². The Bertz CT molecular complexity index is 535. The summed E-state index contributed by atoms with van der Waals surface area (Å²) < 4.78 is 6.43. The van der Waals surface area contributed by atoms with Gasteiger partial charge in [-0.1, -0.05) is 15.9 Å². The second-order valence-corrected chi connectivity index (χ2v) is 4.46. The Labute approximate surface area is 100 Å². The third-order valence-electron chi connectivity index (χ3n) is 2.27. The van der Waals surface area contributed by atoms with Gasteiger partial charge in [0.25, 0.3) is 0 Å². The molecule has 0 fully saturated rings. The number of carboxylic acids is 1. The highest BCUT2D eigenvalue weighted by Crippen LogP contribution is 2.23. The molecule has 1 heterocycles. The van der Waals surface area contributed by atoms with E-state index < -0.39 is 12.0 Å². The van der Waals surface area contributed by atoms with Gasteiger partial charge >= 0.3 is 5.97 Å². The molecule has 0 saturated carbocycles. The molecule has 1 aromatic heterocycles. The first kappa shape index (κ1) is 11.2. The zero-order valence-corrected chi connectivity index (χ0v) is 9.90. The van der Waals surface area contributed by atoms with Crippen LogP contribution in [0.3, 0.4) is 0 Å². The molecule has 0 saturated heterocycles. The van der Waals surface area contributed by atoms with Gasteiger partial charge in [0.1, 0.15) is 17.4 Å². The molecular formula is C11H10BrNO3. The van der Waals surface area contributed by atoms with E-state index in [0.717, 1.165) is 15.4 Å². The van der Waals surface area contributed by atoms with Crippen molar-refractivity contribution in [2.45, 2.75) is 12.5 Å². The Morgan fingerprint density at radius 2 is 2.25 bits per heavy atom. The van der Waals surface area contributed by atoms with E-state index in [0.29, 0.717) is 5.76 Å². The van der Waals surface area contributed by atoms with Crippen LogP contribution in [0.2, 0.25) is 0 Å². The fourth-order valence-electron chi connectivity index (χ4n) is 1.47. The molecule has 0 aliphatic carbocycles. The van der Waals surface area contributed by atoms with Crippen molar-refractivity contribution in [1.82, 2.24) is 0 Å². The molecule has 4 nitrogen and oxygen atoms in total. The monoisotopic (exact) mass is 283 g/mol. The smallest absolute Gasteiger partial charge is 0.320 e. The van der Waals surface area contributed by atoms with Crippen LogP contribution in [0, 0.1) is 0 Å². The second-order valence-electron chi connectivity index (χ2n) is 3.54. The molecular weight excluding hydrogens is 274 g/mol. The van der Waals surface area contributed by atoms with E-state index >= 15 is 0 Å². The summed E-state index contributed by atoms with van der Waals surface area (Å²) in [7, 11) is 0. The van der Waals surface area contributed by atoms with Gasteiger partial charge in [0.05, 0.1) is 0 Å². The van der Waals surface area contributed by atoms with Crippen LogP contribution in [0.15, 0.2) is 33.2 Å². The van der Waals surface area contributed by atoms with E-state index in [2.05, 4.69) is 15.9 Å². The Kier molecular flexibility index (Phi) is 2.98. The van der Waals surface area contributed by atoms with Crippen LogP contribution >= 0.6 is 15.9 Å². The summed E-state index contributed by atoms with van der Waals surface area (Å²) in [5.74, 6) is -0.440. The highest BCUT2D eigenvalue weighted by Gasteiger charge is 2.15. The minimum absolute atomic E-state index is 0.196. The highest BCUT2D eigenvalue weighted by atomic mass is 79.9. The van der Waals surface area contributed by atoms with Crippen molar-refractivity contribution in [2.75, 3.05) is 0 Å². The third-order valence-corrected chi connectivity index (χ3v) is 2.76. The number of fused-ring (bicyclic) bond motifs is 1. The topological polar surface area (TPSA) is 76.5 Å². The summed E-state index contributed by atoms with van der Waals surface area (Å²) in [6.45, 7) is 0. The van der Waals surface area contributed by atoms with Gasteiger partial charge in [-0.25, -0.2) is 0 Å². The summed E-state index contributed by atoms with van der Waals surface area (Å²) in [5.41, 5.74) is 6.16. The minimum atomic E-state index is -1.03. The lowest BCUT2D eigenvalue weighted by atomic mass is 10.2. The number of furan rings is 1. The van der Waals surface area contributed by atoms with E-state index in [1.807, 2.05) is 24.3 Å². The van der Waals surface area contributed by atoms with E-state index in [4.69, 9.17) is 15.3 Å². The summed E-state index contributed by atoms with van der Waals surface area (Å²) >= 11 is 3.36. The van der Waals surface area contributed by atoms with Crippen LogP contribution in [0.5, 0.6) is 0 Å². The molecule has 0 radical (unpaired) electrons. The number of hydrogen-bond donors (Lipinski definition) is 2. The molecule has 0 amide bonds. The second kappa shape index (κ2) is 4.27. The third kappa shape index (κ3) is 2.25. The average molecular weight is 284 g/mol. The molecule has 1 aromatic carbocycles. The predicted octanol–water partition coefficient (Wildman–Crippen LogP) is 2.15. The lowest BCUT2D eigenvalue weighted by molar-refractivity contribution is -0.138. The summed E-state index contributed by atoms with van der Waals surface area (Å²) in [6, 6.07) is 6.49. The van der Waals surface area contributed by atoms with E-state index in [1.165, 1.54) is 0 Å². The predicted molar refractivity (Wildman–Crippen MR) is 63.2 cm³/mol. The zero-order chi connectivity index (χ0) is 11.7. The van der Waals surface area contributed by atoms with Crippen molar-refractivity contribution in [3.63, 3.8) is 0 Å². The molecule has 2 aromatic rings. The van der Waals surface area contributed by atoms with Gasteiger partial charge in [-0.15, -0.1) is 0 Å². The number of rotatable bonds is 3. The lowest BCUT2D eigenvalue weighted by Crippen LogP contribution is -2.32. The molecule has 0 bridgehead atoms. The number of hydrogen-bond acceptors (Lipinski definition) is 3. The van der Waals surface area contributed by atoms with Crippen molar-refractivity contribution < 1.29 is 14.3 Å². The van der Waals surface area contributed by atoms with Gasteiger partial charge < -0.3 is 15.3 Å². The SMILES string of the molecule is NC(Cc1cc2cc(Br)ccc2o1)C(=O)O. The van der Waals surface area contributed by atoms with Crippen molar-refractivity contribution in [3.8, 4) is 0 Å². The Hall–Kier alpha value is -1.33. The van der Waals surface area contributed by atoms with E-state index in [9.17, 15) is 4.79 Å². The van der Waals surface area contributed by atoms with Crippen LogP contribution in [-0.4, -0.2) is 17.1 Å². The zero-order valence-electron chi connectivity index (χ0n) is 8.31. The molecule has 0 spiro atoms. The summed E-state index contributed by atoms with van der Waals surface area (Å²) in [6.07, 6.45) is 0.196.